The van der Waals surface area contributed by atoms with E-state index in [0.29, 0.717) is 28.6 Å². The Hall–Kier alpha value is -1.69. The molecule has 1 heterocycles. The van der Waals surface area contributed by atoms with Gasteiger partial charge >= 0.3 is 0 Å². The second-order valence-electron chi connectivity index (χ2n) is 6.24. The van der Waals surface area contributed by atoms with Crippen LogP contribution in [-0.2, 0) is 10.5 Å². The fourth-order valence-electron chi connectivity index (χ4n) is 2.87. The number of benzene rings is 2. The second-order valence-corrected chi connectivity index (χ2v) is 8.19. The van der Waals surface area contributed by atoms with Crippen molar-refractivity contribution in [2.45, 2.75) is 18.6 Å². The first-order valence-corrected chi connectivity index (χ1v) is 10.7. The van der Waals surface area contributed by atoms with Gasteiger partial charge in [0, 0.05) is 52.3 Å². The van der Waals surface area contributed by atoms with Gasteiger partial charge in [-0.25, -0.2) is 0 Å². The summed E-state index contributed by atoms with van der Waals surface area (Å²) in [4.78, 5) is 25.8. The van der Waals surface area contributed by atoms with Crippen LogP contribution < -0.4 is 10.2 Å². The van der Waals surface area contributed by atoms with E-state index in [1.165, 1.54) is 0 Å². The first-order chi connectivity index (χ1) is 13.0. The van der Waals surface area contributed by atoms with Crippen LogP contribution in [0.5, 0.6) is 0 Å². The number of nitrogens with one attached hydrogen (secondary N) is 1. The van der Waals surface area contributed by atoms with Gasteiger partial charge in [0.2, 0.25) is 5.91 Å². The van der Waals surface area contributed by atoms with Crippen LogP contribution >= 0.6 is 35.0 Å². The molecule has 0 spiro atoms. The smallest absolute Gasteiger partial charge is 0.251 e. The van der Waals surface area contributed by atoms with Crippen LogP contribution in [0, 0.1) is 0 Å². The molecule has 142 valence electrons. The van der Waals surface area contributed by atoms with Crippen LogP contribution in [0.2, 0.25) is 10.0 Å². The number of rotatable bonds is 7. The highest BCUT2D eigenvalue weighted by molar-refractivity contribution is 7.98. The zero-order valence-electron chi connectivity index (χ0n) is 14.7. The van der Waals surface area contributed by atoms with Gasteiger partial charge in [-0.3, -0.25) is 9.59 Å². The van der Waals surface area contributed by atoms with E-state index in [0.717, 1.165) is 35.7 Å². The Morgan fingerprint density at radius 2 is 1.93 bits per heavy atom. The van der Waals surface area contributed by atoms with E-state index < -0.39 is 0 Å². The number of hydrogen-bond acceptors (Lipinski definition) is 3. The van der Waals surface area contributed by atoms with Crippen LogP contribution in [0.15, 0.2) is 42.5 Å². The predicted molar refractivity (Wildman–Crippen MR) is 113 cm³/mol. The fraction of sp³-hybridized carbons (Fsp3) is 0.300. The Bertz CT molecular complexity index is 827. The molecule has 2 aromatic carbocycles. The Kier molecular flexibility index (Phi) is 7.05. The van der Waals surface area contributed by atoms with Gasteiger partial charge in [-0.1, -0.05) is 29.3 Å². The molecule has 0 bridgehead atoms. The fourth-order valence-corrected chi connectivity index (χ4v) is 4.29. The van der Waals surface area contributed by atoms with Crippen molar-refractivity contribution >= 4 is 52.5 Å². The molecule has 1 fully saturated rings. The molecule has 1 N–H and O–H groups in total. The van der Waals surface area contributed by atoms with E-state index in [1.807, 2.05) is 24.3 Å². The third-order valence-corrected chi connectivity index (χ3v) is 5.91. The van der Waals surface area contributed by atoms with Gasteiger partial charge in [0.1, 0.15) is 0 Å². The Morgan fingerprint density at radius 3 is 2.59 bits per heavy atom. The molecule has 2 amide bonds. The molecule has 0 aliphatic carbocycles. The number of carbonyl (C=O) groups excluding carboxylic acids is 2. The van der Waals surface area contributed by atoms with Gasteiger partial charge in [-0.15, -0.1) is 0 Å². The minimum atomic E-state index is -0.112. The number of halogens is 2. The summed E-state index contributed by atoms with van der Waals surface area (Å²) in [5, 5.41) is 4.20. The first kappa shape index (κ1) is 20.1. The average Bonchev–Trinajstić information content (AvgIpc) is 3.09. The van der Waals surface area contributed by atoms with Crippen LogP contribution in [0.25, 0.3) is 0 Å². The standard InChI is InChI=1S/C20H20Cl2N2O2S/c21-16-6-3-15(18(22)12-16)13-27-11-9-23-20(26)14-4-7-17(8-5-14)24-10-1-2-19(24)25/h3-8,12H,1-2,9-11,13H2,(H,23,26). The monoisotopic (exact) mass is 422 g/mol. The molecule has 0 radical (unpaired) electrons. The number of hydrogen-bond donors (Lipinski definition) is 1. The molecule has 3 rings (SSSR count). The van der Waals surface area contributed by atoms with Gasteiger partial charge in [0.15, 0.2) is 0 Å². The maximum Gasteiger partial charge on any atom is 0.251 e. The van der Waals surface area contributed by atoms with E-state index in [4.69, 9.17) is 23.2 Å². The summed E-state index contributed by atoms with van der Waals surface area (Å²) in [7, 11) is 0. The van der Waals surface area contributed by atoms with Crippen LogP contribution in [0.1, 0.15) is 28.8 Å². The Labute approximate surface area is 173 Å². The molecular weight excluding hydrogens is 403 g/mol. The summed E-state index contributed by atoms with van der Waals surface area (Å²) in [6.45, 7) is 1.32. The zero-order chi connectivity index (χ0) is 19.2. The van der Waals surface area contributed by atoms with Crippen molar-refractivity contribution in [1.29, 1.82) is 0 Å². The highest BCUT2D eigenvalue weighted by Crippen LogP contribution is 2.24. The number of amides is 2. The summed E-state index contributed by atoms with van der Waals surface area (Å²) in [5.41, 5.74) is 2.48. The molecule has 2 aromatic rings. The SMILES string of the molecule is O=C(NCCSCc1ccc(Cl)cc1Cl)c1ccc(N2CCCC2=O)cc1. The molecule has 7 heteroatoms. The quantitative estimate of drug-likeness (QED) is 0.652. The van der Waals surface area contributed by atoms with Gasteiger partial charge in [-0.2, -0.15) is 11.8 Å². The lowest BCUT2D eigenvalue weighted by atomic mass is 10.2. The highest BCUT2D eigenvalue weighted by Gasteiger charge is 2.21. The molecule has 0 aromatic heterocycles. The molecule has 1 aliphatic heterocycles. The lowest BCUT2D eigenvalue weighted by Crippen LogP contribution is -2.26. The zero-order valence-corrected chi connectivity index (χ0v) is 17.0. The van der Waals surface area contributed by atoms with Crippen molar-refractivity contribution in [1.82, 2.24) is 5.32 Å². The maximum atomic E-state index is 12.2. The van der Waals surface area contributed by atoms with Gasteiger partial charge in [0.05, 0.1) is 0 Å². The van der Waals surface area contributed by atoms with Crippen LogP contribution in [-0.4, -0.2) is 30.7 Å². The molecule has 1 aliphatic rings. The van der Waals surface area contributed by atoms with Crippen molar-refractivity contribution in [2.24, 2.45) is 0 Å². The minimum Gasteiger partial charge on any atom is -0.351 e. The predicted octanol–water partition coefficient (Wildman–Crippen LogP) is 4.78. The third kappa shape index (κ3) is 5.41. The highest BCUT2D eigenvalue weighted by atomic mass is 35.5. The lowest BCUT2D eigenvalue weighted by Gasteiger charge is -2.15. The van der Waals surface area contributed by atoms with E-state index in [1.54, 1.807) is 34.9 Å². The first-order valence-electron chi connectivity index (χ1n) is 8.75. The van der Waals surface area contributed by atoms with E-state index >= 15 is 0 Å². The van der Waals surface area contributed by atoms with Crippen LogP contribution in [0.3, 0.4) is 0 Å². The normalized spacial score (nSPS) is 13.9. The molecule has 1 saturated heterocycles. The van der Waals surface area contributed by atoms with Gasteiger partial charge < -0.3 is 10.2 Å². The molecule has 4 nitrogen and oxygen atoms in total. The topological polar surface area (TPSA) is 49.4 Å². The summed E-state index contributed by atoms with van der Waals surface area (Å²) in [6.07, 6.45) is 1.49. The van der Waals surface area contributed by atoms with Crippen molar-refractivity contribution < 1.29 is 9.59 Å². The number of thioether (sulfide) groups is 1. The van der Waals surface area contributed by atoms with E-state index in [9.17, 15) is 9.59 Å². The van der Waals surface area contributed by atoms with Crippen LogP contribution in [0.4, 0.5) is 5.69 Å². The van der Waals surface area contributed by atoms with Gasteiger partial charge in [-0.05, 0) is 48.4 Å². The average molecular weight is 423 g/mol. The summed E-state index contributed by atoms with van der Waals surface area (Å²) >= 11 is 13.7. The lowest BCUT2D eigenvalue weighted by molar-refractivity contribution is -0.117. The van der Waals surface area contributed by atoms with Crippen molar-refractivity contribution in [3.05, 3.63) is 63.6 Å². The summed E-state index contributed by atoms with van der Waals surface area (Å²) in [5.74, 6) is 1.58. The minimum absolute atomic E-state index is 0.112. The Morgan fingerprint density at radius 1 is 1.15 bits per heavy atom. The largest absolute Gasteiger partial charge is 0.351 e. The molecule has 0 saturated carbocycles. The van der Waals surface area contributed by atoms with Crippen molar-refractivity contribution in [3.63, 3.8) is 0 Å². The maximum absolute atomic E-state index is 12.2. The third-order valence-electron chi connectivity index (χ3n) is 4.32. The number of anilines is 1. The molecule has 27 heavy (non-hydrogen) atoms. The molecule has 0 unspecified atom stereocenters. The number of carbonyl (C=O) groups is 2. The van der Waals surface area contributed by atoms with Gasteiger partial charge in [0.25, 0.3) is 5.91 Å². The van der Waals surface area contributed by atoms with E-state index in [2.05, 4.69) is 5.32 Å². The molecular formula is C20H20Cl2N2O2S. The van der Waals surface area contributed by atoms with E-state index in [-0.39, 0.29) is 11.8 Å². The summed E-state index contributed by atoms with van der Waals surface area (Å²) < 4.78 is 0. The number of nitrogens with zero attached hydrogens (tertiary/aromatic N) is 1. The second kappa shape index (κ2) is 9.49. The molecule has 0 atom stereocenters. The van der Waals surface area contributed by atoms with Crippen molar-refractivity contribution in [3.8, 4) is 0 Å². The summed E-state index contributed by atoms with van der Waals surface area (Å²) in [6, 6.07) is 12.7. The van der Waals surface area contributed by atoms with Crippen molar-refractivity contribution in [2.75, 3.05) is 23.7 Å². The Balaban J connectivity index is 1.42.